The van der Waals surface area contributed by atoms with Crippen molar-refractivity contribution in [2.45, 2.75) is 18.4 Å². The molecule has 0 saturated heterocycles. The fourth-order valence-corrected chi connectivity index (χ4v) is 4.61. The monoisotopic (exact) mass is 390 g/mol. The van der Waals surface area contributed by atoms with Gasteiger partial charge in [0.15, 0.2) is 0 Å². The minimum Gasteiger partial charge on any atom is -0.364 e. The van der Waals surface area contributed by atoms with Crippen molar-refractivity contribution in [3.8, 4) is 0 Å². The molecule has 0 radical (unpaired) electrons. The number of nitrogens with one attached hydrogen (secondary N) is 2. The number of thioether (sulfide) groups is 1. The maximum atomic E-state index is 11.9. The van der Waals surface area contributed by atoms with Crippen LogP contribution in [0.2, 0.25) is 10.0 Å². The molecule has 2 heterocycles. The van der Waals surface area contributed by atoms with E-state index in [0.29, 0.717) is 5.75 Å². The highest BCUT2D eigenvalue weighted by Crippen LogP contribution is 2.45. The molecule has 0 fully saturated rings. The van der Waals surface area contributed by atoms with E-state index >= 15 is 0 Å². The largest absolute Gasteiger partial charge is 0.364 e. The summed E-state index contributed by atoms with van der Waals surface area (Å²) in [5.74, 6) is 1.53. The van der Waals surface area contributed by atoms with Gasteiger partial charge in [0.1, 0.15) is 5.82 Å². The van der Waals surface area contributed by atoms with E-state index in [2.05, 4.69) is 22.8 Å². The number of carbonyl (C=O) groups excluding carboxylic acids is 1. The van der Waals surface area contributed by atoms with Crippen LogP contribution in [0.5, 0.6) is 0 Å². The molecule has 3 nitrogen and oxygen atoms in total. The summed E-state index contributed by atoms with van der Waals surface area (Å²) in [5, 5.41) is 7.93. The summed E-state index contributed by atoms with van der Waals surface area (Å²) in [4.78, 5) is 13.0. The van der Waals surface area contributed by atoms with E-state index in [1.807, 2.05) is 36.4 Å². The molecule has 6 heteroatoms. The Labute approximate surface area is 160 Å². The van der Waals surface area contributed by atoms with E-state index in [1.54, 1.807) is 11.8 Å². The molecule has 2 aromatic rings. The SMILES string of the molecule is O=C1CSC2=C(N1)N[C@H](c1ccc(Cl)cc1)C[C@@H]2c1ccc(Cl)cc1. The molecule has 0 unspecified atom stereocenters. The van der Waals surface area contributed by atoms with Crippen molar-refractivity contribution < 1.29 is 4.79 Å². The summed E-state index contributed by atoms with van der Waals surface area (Å²) in [6.07, 6.45) is 0.908. The van der Waals surface area contributed by atoms with Gasteiger partial charge in [0.2, 0.25) is 5.91 Å². The van der Waals surface area contributed by atoms with Gasteiger partial charge in [0.25, 0.3) is 0 Å². The van der Waals surface area contributed by atoms with Gasteiger partial charge >= 0.3 is 0 Å². The number of hydrogen-bond donors (Lipinski definition) is 2. The third kappa shape index (κ3) is 3.52. The topological polar surface area (TPSA) is 41.1 Å². The lowest BCUT2D eigenvalue weighted by Gasteiger charge is -2.37. The number of allylic oxidation sites excluding steroid dienone is 1. The smallest absolute Gasteiger partial charge is 0.235 e. The lowest BCUT2D eigenvalue weighted by Crippen LogP contribution is -2.42. The summed E-state index contributed by atoms with van der Waals surface area (Å²) in [7, 11) is 0. The van der Waals surface area contributed by atoms with Gasteiger partial charge in [-0.25, -0.2) is 0 Å². The van der Waals surface area contributed by atoms with Gasteiger partial charge < -0.3 is 10.6 Å². The van der Waals surface area contributed by atoms with Crippen LogP contribution in [0.25, 0.3) is 0 Å². The first kappa shape index (κ1) is 16.8. The predicted octanol–water partition coefficient (Wildman–Crippen LogP) is 4.84. The molecule has 2 aromatic carbocycles. The number of hydrogen-bond acceptors (Lipinski definition) is 3. The Morgan fingerprint density at radius 1 is 0.920 bits per heavy atom. The zero-order chi connectivity index (χ0) is 17.4. The van der Waals surface area contributed by atoms with Crippen LogP contribution in [0.1, 0.15) is 29.5 Å². The second-order valence-corrected chi connectivity index (χ2v) is 8.05. The van der Waals surface area contributed by atoms with E-state index in [9.17, 15) is 4.79 Å². The van der Waals surface area contributed by atoms with Gasteiger partial charge in [-0.1, -0.05) is 47.5 Å². The third-order valence-corrected chi connectivity index (χ3v) is 6.23. The highest BCUT2D eigenvalue weighted by Gasteiger charge is 2.34. The minimum atomic E-state index is 0.0304. The first-order valence-corrected chi connectivity index (χ1v) is 9.78. The van der Waals surface area contributed by atoms with Crippen LogP contribution in [0, 0.1) is 0 Å². The molecule has 128 valence electrons. The molecule has 0 aromatic heterocycles. The molecule has 2 N–H and O–H groups in total. The molecule has 25 heavy (non-hydrogen) atoms. The van der Waals surface area contributed by atoms with E-state index < -0.39 is 0 Å². The van der Waals surface area contributed by atoms with Crippen LogP contribution in [0.3, 0.4) is 0 Å². The standard InChI is InChI=1S/C19H16Cl2N2OS/c20-13-5-1-11(2-6-13)15-9-16(12-3-7-14(21)8-4-12)22-19-18(15)25-10-17(24)23-19/h1-8,15-16,22H,9-10H2,(H,23,24)/t15-,16+/m1/s1. The van der Waals surface area contributed by atoms with Crippen molar-refractivity contribution in [2.24, 2.45) is 0 Å². The number of rotatable bonds is 2. The molecule has 0 saturated carbocycles. The summed E-state index contributed by atoms with van der Waals surface area (Å²) in [5.41, 5.74) is 2.36. The zero-order valence-electron chi connectivity index (χ0n) is 13.3. The van der Waals surface area contributed by atoms with E-state index in [1.165, 1.54) is 10.5 Å². The van der Waals surface area contributed by atoms with E-state index in [0.717, 1.165) is 27.9 Å². The normalized spacial score (nSPS) is 22.9. The molecule has 1 amide bonds. The summed E-state index contributed by atoms with van der Waals surface area (Å²) in [6, 6.07) is 15.9. The molecule has 0 aliphatic carbocycles. The van der Waals surface area contributed by atoms with Gasteiger partial charge in [-0.05, 0) is 41.8 Å². The Hall–Kier alpha value is -1.62. The molecule has 0 bridgehead atoms. The maximum Gasteiger partial charge on any atom is 0.235 e. The number of halogens is 2. The highest BCUT2D eigenvalue weighted by molar-refractivity contribution is 8.03. The first-order valence-electron chi connectivity index (χ1n) is 8.04. The lowest BCUT2D eigenvalue weighted by atomic mass is 9.86. The Morgan fingerprint density at radius 2 is 1.52 bits per heavy atom. The van der Waals surface area contributed by atoms with Crippen LogP contribution >= 0.6 is 35.0 Å². The van der Waals surface area contributed by atoms with Gasteiger partial charge in [0.05, 0.1) is 11.8 Å². The Morgan fingerprint density at radius 3 is 2.16 bits per heavy atom. The second kappa shape index (κ2) is 6.94. The van der Waals surface area contributed by atoms with Crippen molar-refractivity contribution in [3.63, 3.8) is 0 Å². The fourth-order valence-electron chi connectivity index (χ4n) is 3.31. The zero-order valence-corrected chi connectivity index (χ0v) is 15.6. The minimum absolute atomic E-state index is 0.0304. The summed E-state index contributed by atoms with van der Waals surface area (Å²) >= 11 is 13.7. The quantitative estimate of drug-likeness (QED) is 0.770. The van der Waals surface area contributed by atoms with Crippen LogP contribution in [0.15, 0.2) is 59.3 Å². The number of carbonyl (C=O) groups is 1. The Bertz CT molecular complexity index is 834. The molecule has 2 atom stereocenters. The highest BCUT2D eigenvalue weighted by atomic mass is 35.5. The van der Waals surface area contributed by atoms with Crippen LogP contribution < -0.4 is 10.6 Å². The average molecular weight is 391 g/mol. The second-order valence-electron chi connectivity index (χ2n) is 6.16. The lowest BCUT2D eigenvalue weighted by molar-refractivity contribution is -0.118. The van der Waals surface area contributed by atoms with E-state index in [-0.39, 0.29) is 17.9 Å². The van der Waals surface area contributed by atoms with Crippen LogP contribution in [-0.4, -0.2) is 11.7 Å². The van der Waals surface area contributed by atoms with Crippen molar-refractivity contribution in [2.75, 3.05) is 5.75 Å². The van der Waals surface area contributed by atoms with Crippen LogP contribution in [0.4, 0.5) is 0 Å². The average Bonchev–Trinajstić information content (AvgIpc) is 2.62. The van der Waals surface area contributed by atoms with Gasteiger partial charge in [0, 0.05) is 20.9 Å². The molecule has 2 aliphatic rings. The molecular weight excluding hydrogens is 375 g/mol. The van der Waals surface area contributed by atoms with Crippen molar-refractivity contribution in [1.82, 2.24) is 10.6 Å². The van der Waals surface area contributed by atoms with Gasteiger partial charge in [-0.15, -0.1) is 11.8 Å². The molecule has 0 spiro atoms. The number of benzene rings is 2. The van der Waals surface area contributed by atoms with Gasteiger partial charge in [-0.2, -0.15) is 0 Å². The molecular formula is C19H16Cl2N2OS. The van der Waals surface area contributed by atoms with E-state index in [4.69, 9.17) is 23.2 Å². The van der Waals surface area contributed by atoms with Crippen LogP contribution in [-0.2, 0) is 4.79 Å². The number of amides is 1. The van der Waals surface area contributed by atoms with Crippen molar-refractivity contribution in [3.05, 3.63) is 80.4 Å². The van der Waals surface area contributed by atoms with Crippen molar-refractivity contribution >= 4 is 40.9 Å². The Kier molecular flexibility index (Phi) is 4.67. The van der Waals surface area contributed by atoms with Crippen molar-refractivity contribution in [1.29, 1.82) is 0 Å². The maximum absolute atomic E-state index is 11.9. The summed E-state index contributed by atoms with van der Waals surface area (Å²) < 4.78 is 0. The molecule has 2 aliphatic heterocycles. The predicted molar refractivity (Wildman–Crippen MR) is 104 cm³/mol. The third-order valence-electron chi connectivity index (χ3n) is 4.52. The summed E-state index contributed by atoms with van der Waals surface area (Å²) in [6.45, 7) is 0. The fraction of sp³-hybridized carbons (Fsp3) is 0.211. The van der Waals surface area contributed by atoms with Gasteiger partial charge in [-0.3, -0.25) is 4.79 Å². The first-order chi connectivity index (χ1) is 12.1. The molecule has 4 rings (SSSR count). The Balaban J connectivity index is 1.72.